The van der Waals surface area contributed by atoms with Gasteiger partial charge in [0.05, 0.1) is 29.1 Å². The van der Waals surface area contributed by atoms with Crippen LogP contribution in [0.3, 0.4) is 0 Å². The molecule has 0 unspecified atom stereocenters. The summed E-state index contributed by atoms with van der Waals surface area (Å²) in [7, 11) is -3.61. The third-order valence-corrected chi connectivity index (χ3v) is 8.63. The molecule has 1 fully saturated rings. The van der Waals surface area contributed by atoms with E-state index in [1.807, 2.05) is 24.5 Å². The van der Waals surface area contributed by atoms with E-state index < -0.39 is 10.0 Å². The van der Waals surface area contributed by atoms with E-state index in [-0.39, 0.29) is 17.5 Å². The number of imidazole rings is 1. The van der Waals surface area contributed by atoms with Gasteiger partial charge in [0.25, 0.3) is 0 Å². The lowest BCUT2D eigenvalue weighted by atomic mass is 10.2. The molecule has 4 rings (SSSR count). The van der Waals surface area contributed by atoms with Crippen molar-refractivity contribution in [2.24, 2.45) is 0 Å². The fraction of sp³-hybridized carbons (Fsp3) is 0.455. The van der Waals surface area contributed by atoms with Crippen LogP contribution < -0.4 is 0 Å². The van der Waals surface area contributed by atoms with E-state index in [1.165, 1.54) is 15.6 Å². The second kappa shape index (κ2) is 9.30. The number of hydrogen-bond acceptors (Lipinski definition) is 7. The highest BCUT2D eigenvalue weighted by atomic mass is 32.2. The number of nitrogens with zero attached hydrogens (tertiary/aromatic N) is 3. The van der Waals surface area contributed by atoms with Crippen LogP contribution in [-0.2, 0) is 39.1 Å². The molecule has 1 aliphatic rings. The third kappa shape index (κ3) is 4.32. The van der Waals surface area contributed by atoms with Crippen molar-refractivity contribution in [3.8, 4) is 0 Å². The Labute approximate surface area is 191 Å². The Morgan fingerprint density at radius 3 is 2.62 bits per heavy atom. The topological polar surface area (TPSA) is 90.7 Å². The quantitative estimate of drug-likeness (QED) is 0.485. The van der Waals surface area contributed by atoms with Gasteiger partial charge in [-0.25, -0.2) is 18.2 Å². The minimum atomic E-state index is -3.61. The van der Waals surface area contributed by atoms with Gasteiger partial charge in [-0.3, -0.25) is 0 Å². The molecule has 3 heterocycles. The number of carbonyl (C=O) groups excluding carboxylic acids is 1. The van der Waals surface area contributed by atoms with Crippen LogP contribution in [0.1, 0.15) is 39.8 Å². The van der Waals surface area contributed by atoms with Crippen LogP contribution in [0.25, 0.3) is 11.0 Å². The summed E-state index contributed by atoms with van der Waals surface area (Å²) in [4.78, 5) is 19.0. The highest BCUT2D eigenvalue weighted by Gasteiger charge is 2.27. The highest BCUT2D eigenvalue weighted by molar-refractivity contribution is 7.89. The molecule has 10 heteroatoms. The summed E-state index contributed by atoms with van der Waals surface area (Å²) in [6, 6.07) is 6.85. The van der Waals surface area contributed by atoms with Crippen LogP contribution in [0, 0.1) is 6.92 Å². The first-order valence-electron chi connectivity index (χ1n) is 10.7. The number of esters is 1. The van der Waals surface area contributed by atoms with Crippen molar-refractivity contribution >= 4 is 38.4 Å². The number of ether oxygens (including phenoxy) is 2. The molecule has 8 nitrogen and oxygen atoms in total. The van der Waals surface area contributed by atoms with Gasteiger partial charge >= 0.3 is 5.97 Å². The Bertz CT molecular complexity index is 1240. The molecule has 3 aromatic rings. The van der Waals surface area contributed by atoms with E-state index in [1.54, 1.807) is 18.2 Å². The SMILES string of the molecule is CCc1cc(C(=O)OCc2nc3cc(S(=O)(=O)N4CCOCC4)ccc3n2CC)sc1C. The van der Waals surface area contributed by atoms with Gasteiger partial charge in [-0.2, -0.15) is 4.31 Å². The number of benzene rings is 1. The zero-order valence-corrected chi connectivity index (χ0v) is 20.1. The number of sulfonamides is 1. The van der Waals surface area contributed by atoms with Crippen molar-refractivity contribution in [3.05, 3.63) is 45.4 Å². The van der Waals surface area contributed by atoms with Crippen molar-refractivity contribution in [2.45, 2.75) is 45.2 Å². The molecule has 1 aromatic carbocycles. The number of aryl methyl sites for hydroxylation is 3. The van der Waals surface area contributed by atoms with Crippen LogP contribution in [0.5, 0.6) is 0 Å². The van der Waals surface area contributed by atoms with E-state index in [4.69, 9.17) is 9.47 Å². The number of thiophene rings is 1. The Balaban J connectivity index is 1.57. The molecule has 0 spiro atoms. The number of morpholine rings is 1. The lowest BCUT2D eigenvalue weighted by molar-refractivity contribution is 0.0464. The van der Waals surface area contributed by atoms with Crippen LogP contribution in [0.2, 0.25) is 0 Å². The zero-order chi connectivity index (χ0) is 22.9. The van der Waals surface area contributed by atoms with Crippen LogP contribution in [-0.4, -0.2) is 54.5 Å². The Hall–Kier alpha value is -2.27. The average Bonchev–Trinajstić information content (AvgIpc) is 3.36. The minimum Gasteiger partial charge on any atom is -0.453 e. The highest BCUT2D eigenvalue weighted by Crippen LogP contribution is 2.25. The van der Waals surface area contributed by atoms with Crippen LogP contribution in [0.15, 0.2) is 29.2 Å². The molecule has 32 heavy (non-hydrogen) atoms. The maximum Gasteiger partial charge on any atom is 0.348 e. The normalized spacial score (nSPS) is 15.3. The van der Waals surface area contributed by atoms with Crippen molar-refractivity contribution in [1.82, 2.24) is 13.9 Å². The van der Waals surface area contributed by atoms with Crippen LogP contribution in [0.4, 0.5) is 0 Å². The van der Waals surface area contributed by atoms with Gasteiger partial charge in [-0.05, 0) is 50.1 Å². The number of carbonyl (C=O) groups is 1. The number of rotatable bonds is 7. The monoisotopic (exact) mass is 477 g/mol. The second-order valence-corrected chi connectivity index (χ2v) is 10.8. The molecule has 0 radical (unpaired) electrons. The third-order valence-electron chi connectivity index (χ3n) is 5.66. The van der Waals surface area contributed by atoms with Gasteiger partial charge in [-0.15, -0.1) is 11.3 Å². The smallest absolute Gasteiger partial charge is 0.348 e. The summed E-state index contributed by atoms with van der Waals surface area (Å²) < 4.78 is 40.1. The van der Waals surface area contributed by atoms with Crippen molar-refractivity contribution in [2.75, 3.05) is 26.3 Å². The van der Waals surface area contributed by atoms with E-state index in [0.717, 1.165) is 22.4 Å². The van der Waals surface area contributed by atoms with E-state index in [9.17, 15) is 13.2 Å². The molecule has 0 N–H and O–H groups in total. The standard InChI is InChI=1S/C22H27N3O5S2/c1-4-16-12-20(31-15(16)3)22(26)30-14-21-23-18-13-17(6-7-19(18)25(21)5-2)32(27,28)24-8-10-29-11-9-24/h6-7,12-13H,4-5,8-11,14H2,1-3H3. The minimum absolute atomic E-state index is 0.0192. The Morgan fingerprint density at radius 2 is 1.97 bits per heavy atom. The van der Waals surface area contributed by atoms with Crippen molar-refractivity contribution in [3.63, 3.8) is 0 Å². The lowest BCUT2D eigenvalue weighted by Crippen LogP contribution is -2.40. The fourth-order valence-corrected chi connectivity index (χ4v) is 6.33. The molecule has 1 saturated heterocycles. The Kier molecular flexibility index (Phi) is 6.66. The van der Waals surface area contributed by atoms with Gasteiger partial charge < -0.3 is 14.0 Å². The predicted molar refractivity (Wildman–Crippen MR) is 123 cm³/mol. The van der Waals surface area contributed by atoms with Gasteiger partial charge in [0.15, 0.2) is 0 Å². The first-order valence-corrected chi connectivity index (χ1v) is 12.9. The molecular weight excluding hydrogens is 450 g/mol. The molecule has 0 aliphatic carbocycles. The fourth-order valence-electron chi connectivity index (χ4n) is 3.89. The largest absolute Gasteiger partial charge is 0.453 e. The first kappa shape index (κ1) is 22.9. The zero-order valence-electron chi connectivity index (χ0n) is 18.5. The maximum atomic E-state index is 13.0. The molecule has 0 saturated carbocycles. The lowest BCUT2D eigenvalue weighted by Gasteiger charge is -2.26. The molecule has 0 atom stereocenters. The summed E-state index contributed by atoms with van der Waals surface area (Å²) in [6.45, 7) is 8.14. The van der Waals surface area contributed by atoms with E-state index in [0.29, 0.717) is 49.1 Å². The van der Waals surface area contributed by atoms with Crippen molar-refractivity contribution < 1.29 is 22.7 Å². The summed E-state index contributed by atoms with van der Waals surface area (Å²) in [6.07, 6.45) is 0.872. The summed E-state index contributed by atoms with van der Waals surface area (Å²) >= 11 is 1.43. The predicted octanol–water partition coefficient (Wildman–Crippen LogP) is 3.37. The molecule has 0 amide bonds. The average molecular weight is 478 g/mol. The van der Waals surface area contributed by atoms with Gasteiger partial charge in [0.2, 0.25) is 10.0 Å². The van der Waals surface area contributed by atoms with Crippen molar-refractivity contribution in [1.29, 1.82) is 0 Å². The molecule has 172 valence electrons. The summed E-state index contributed by atoms with van der Waals surface area (Å²) in [5, 5.41) is 0. The van der Waals surface area contributed by atoms with Gasteiger partial charge in [0, 0.05) is 24.5 Å². The summed E-state index contributed by atoms with van der Waals surface area (Å²) in [5.74, 6) is 0.212. The Morgan fingerprint density at radius 1 is 1.22 bits per heavy atom. The van der Waals surface area contributed by atoms with Gasteiger partial charge in [0.1, 0.15) is 17.3 Å². The molecular formula is C22H27N3O5S2. The molecule has 1 aliphatic heterocycles. The maximum absolute atomic E-state index is 13.0. The number of fused-ring (bicyclic) bond motifs is 1. The summed E-state index contributed by atoms with van der Waals surface area (Å²) in [5.41, 5.74) is 2.52. The van der Waals surface area contributed by atoms with Crippen LogP contribution >= 0.6 is 11.3 Å². The second-order valence-electron chi connectivity index (χ2n) is 7.56. The van der Waals surface area contributed by atoms with E-state index >= 15 is 0 Å². The number of hydrogen-bond donors (Lipinski definition) is 0. The van der Waals surface area contributed by atoms with Gasteiger partial charge in [-0.1, -0.05) is 6.92 Å². The molecule has 0 bridgehead atoms. The molecule has 2 aromatic heterocycles. The first-order chi connectivity index (χ1) is 15.3. The van der Waals surface area contributed by atoms with E-state index in [2.05, 4.69) is 11.9 Å². The number of aromatic nitrogens is 2.